The van der Waals surface area contributed by atoms with Crippen LogP contribution in [0.5, 0.6) is 11.5 Å². The fourth-order valence-electron chi connectivity index (χ4n) is 4.32. The number of aromatic nitrogens is 2. The molecule has 1 aliphatic rings. The largest absolute Gasteiger partial charge is 0.493 e. The number of nitrogens with zero attached hydrogens (tertiary/aromatic N) is 4. The van der Waals surface area contributed by atoms with Crippen molar-refractivity contribution in [3.8, 4) is 11.5 Å². The van der Waals surface area contributed by atoms with Crippen LogP contribution in [-0.2, 0) is 9.53 Å². The Balaban J connectivity index is 1.27. The number of ether oxygens (including phenoxy) is 3. The number of piperazine rings is 1. The molecule has 4 rings (SSSR count). The van der Waals surface area contributed by atoms with E-state index in [1.54, 1.807) is 13.4 Å². The quantitative estimate of drug-likeness (QED) is 0.249. The second kappa shape index (κ2) is 13.6. The standard InChI is InChI=1S/C27H34BrN5O4/c1-3-36-26(34)18-33-12-10-32(11-13-33)9-4-5-14-37-25-17-23-22(16-24(25)35-2)27(30-19-29-23)31-21-8-6-7-20(28)15-21/h6-8,15-17,19H,3-5,9-14,18H2,1-2H3,(H,29,30,31). The van der Waals surface area contributed by atoms with E-state index in [-0.39, 0.29) is 5.97 Å². The fourth-order valence-corrected chi connectivity index (χ4v) is 4.72. The van der Waals surface area contributed by atoms with E-state index in [2.05, 4.69) is 41.0 Å². The van der Waals surface area contributed by atoms with Gasteiger partial charge in [-0.1, -0.05) is 22.0 Å². The minimum Gasteiger partial charge on any atom is -0.493 e. The van der Waals surface area contributed by atoms with Gasteiger partial charge in [0.15, 0.2) is 11.5 Å². The molecule has 0 aliphatic carbocycles. The molecular weight excluding hydrogens is 538 g/mol. The molecule has 3 aromatic rings. The first-order valence-electron chi connectivity index (χ1n) is 12.6. The van der Waals surface area contributed by atoms with Crippen molar-refractivity contribution in [2.75, 3.05) is 64.9 Å². The molecule has 1 N–H and O–H groups in total. The van der Waals surface area contributed by atoms with E-state index in [0.29, 0.717) is 37.1 Å². The second-order valence-electron chi connectivity index (χ2n) is 8.86. The molecule has 0 spiro atoms. The number of unbranched alkanes of at least 4 members (excludes halogenated alkanes) is 1. The van der Waals surface area contributed by atoms with Crippen LogP contribution in [0.25, 0.3) is 10.9 Å². The maximum atomic E-state index is 11.7. The van der Waals surface area contributed by atoms with Gasteiger partial charge in [-0.3, -0.25) is 9.69 Å². The molecule has 2 aromatic carbocycles. The first-order valence-corrected chi connectivity index (χ1v) is 13.4. The van der Waals surface area contributed by atoms with E-state index < -0.39 is 0 Å². The number of hydrogen-bond donors (Lipinski definition) is 1. The molecule has 0 amide bonds. The van der Waals surface area contributed by atoms with Crippen molar-refractivity contribution in [3.63, 3.8) is 0 Å². The summed E-state index contributed by atoms with van der Waals surface area (Å²) in [6.45, 7) is 7.99. The van der Waals surface area contributed by atoms with Crippen molar-refractivity contribution in [1.82, 2.24) is 19.8 Å². The summed E-state index contributed by atoms with van der Waals surface area (Å²) in [5.74, 6) is 1.89. The molecule has 1 aromatic heterocycles. The number of methoxy groups -OCH3 is 1. The Morgan fingerprint density at radius 1 is 1.05 bits per heavy atom. The fraction of sp³-hybridized carbons (Fsp3) is 0.444. The molecule has 0 atom stereocenters. The third kappa shape index (κ3) is 7.77. The highest BCUT2D eigenvalue weighted by Crippen LogP contribution is 2.35. The predicted molar refractivity (Wildman–Crippen MR) is 148 cm³/mol. The van der Waals surface area contributed by atoms with Gasteiger partial charge in [0, 0.05) is 47.8 Å². The maximum absolute atomic E-state index is 11.7. The Morgan fingerprint density at radius 3 is 2.62 bits per heavy atom. The number of carbonyl (C=O) groups excluding carboxylic acids is 1. The van der Waals surface area contributed by atoms with Gasteiger partial charge in [0.1, 0.15) is 12.1 Å². The average Bonchev–Trinajstić information content (AvgIpc) is 2.89. The summed E-state index contributed by atoms with van der Waals surface area (Å²) in [6, 6.07) is 11.7. The second-order valence-corrected chi connectivity index (χ2v) is 9.77. The van der Waals surface area contributed by atoms with Crippen molar-refractivity contribution in [2.24, 2.45) is 0 Å². The number of fused-ring (bicyclic) bond motifs is 1. The Labute approximate surface area is 226 Å². The summed E-state index contributed by atoms with van der Waals surface area (Å²) in [5.41, 5.74) is 1.71. The first kappa shape index (κ1) is 27.1. The summed E-state index contributed by atoms with van der Waals surface area (Å²) >= 11 is 3.50. The number of benzene rings is 2. The molecule has 37 heavy (non-hydrogen) atoms. The number of nitrogens with one attached hydrogen (secondary N) is 1. The van der Waals surface area contributed by atoms with Crippen LogP contribution in [0, 0.1) is 0 Å². The van der Waals surface area contributed by atoms with Gasteiger partial charge in [-0.05, 0) is 50.6 Å². The molecule has 1 saturated heterocycles. The van der Waals surface area contributed by atoms with E-state index in [1.165, 1.54) is 0 Å². The van der Waals surface area contributed by atoms with Crippen LogP contribution >= 0.6 is 15.9 Å². The zero-order valence-electron chi connectivity index (χ0n) is 21.4. The van der Waals surface area contributed by atoms with Gasteiger partial charge in [-0.2, -0.15) is 0 Å². The molecule has 10 heteroatoms. The SMILES string of the molecule is CCOC(=O)CN1CCN(CCCCOc2cc3ncnc(Nc4cccc(Br)c4)c3cc2OC)CC1. The van der Waals surface area contributed by atoms with E-state index in [1.807, 2.05) is 43.3 Å². The van der Waals surface area contributed by atoms with Gasteiger partial charge in [0.05, 0.1) is 32.4 Å². The molecule has 1 fully saturated rings. The molecule has 9 nitrogen and oxygen atoms in total. The topological polar surface area (TPSA) is 89.1 Å². The lowest BCUT2D eigenvalue weighted by atomic mass is 10.2. The van der Waals surface area contributed by atoms with E-state index in [4.69, 9.17) is 14.2 Å². The zero-order chi connectivity index (χ0) is 26.0. The van der Waals surface area contributed by atoms with Gasteiger partial charge >= 0.3 is 5.97 Å². The number of hydrogen-bond acceptors (Lipinski definition) is 9. The molecule has 0 bridgehead atoms. The van der Waals surface area contributed by atoms with Crippen molar-refractivity contribution in [2.45, 2.75) is 19.8 Å². The molecule has 0 saturated carbocycles. The highest BCUT2D eigenvalue weighted by Gasteiger charge is 2.19. The minimum atomic E-state index is -0.138. The highest BCUT2D eigenvalue weighted by molar-refractivity contribution is 9.10. The predicted octanol–water partition coefficient (Wildman–Crippen LogP) is 4.48. The third-order valence-electron chi connectivity index (χ3n) is 6.26. The maximum Gasteiger partial charge on any atom is 0.320 e. The molecular formula is C27H34BrN5O4. The van der Waals surface area contributed by atoms with Crippen LogP contribution in [0.15, 0.2) is 47.2 Å². The summed E-state index contributed by atoms with van der Waals surface area (Å²) in [4.78, 5) is 25.1. The first-order chi connectivity index (χ1) is 18.1. The summed E-state index contributed by atoms with van der Waals surface area (Å²) in [6.07, 6.45) is 3.52. The van der Waals surface area contributed by atoms with Crippen molar-refractivity contribution in [1.29, 1.82) is 0 Å². The van der Waals surface area contributed by atoms with Gasteiger partial charge < -0.3 is 24.4 Å². The molecule has 1 aliphatic heterocycles. The molecule has 2 heterocycles. The smallest absolute Gasteiger partial charge is 0.320 e. The van der Waals surface area contributed by atoms with E-state index >= 15 is 0 Å². The minimum absolute atomic E-state index is 0.138. The van der Waals surface area contributed by atoms with Crippen LogP contribution in [0.1, 0.15) is 19.8 Å². The van der Waals surface area contributed by atoms with Crippen LogP contribution in [-0.4, -0.2) is 85.3 Å². The molecule has 0 radical (unpaired) electrons. The summed E-state index contributed by atoms with van der Waals surface area (Å²) in [5, 5.41) is 4.21. The summed E-state index contributed by atoms with van der Waals surface area (Å²) < 4.78 is 17.7. The highest BCUT2D eigenvalue weighted by atomic mass is 79.9. The van der Waals surface area contributed by atoms with Crippen LogP contribution < -0.4 is 14.8 Å². The average molecular weight is 573 g/mol. The number of esters is 1. The lowest BCUT2D eigenvalue weighted by Gasteiger charge is -2.34. The molecule has 198 valence electrons. The van der Waals surface area contributed by atoms with Crippen molar-refractivity contribution in [3.05, 3.63) is 47.2 Å². The Morgan fingerprint density at radius 2 is 1.86 bits per heavy atom. The van der Waals surface area contributed by atoms with Gasteiger partial charge in [0.2, 0.25) is 0 Å². The Hall–Kier alpha value is -2.95. The Bertz CT molecular complexity index is 1190. The number of rotatable bonds is 12. The van der Waals surface area contributed by atoms with Crippen molar-refractivity contribution < 1.29 is 19.0 Å². The lowest BCUT2D eigenvalue weighted by Crippen LogP contribution is -2.48. The normalized spacial score (nSPS) is 14.5. The van der Waals surface area contributed by atoms with E-state index in [9.17, 15) is 4.79 Å². The number of anilines is 2. The van der Waals surface area contributed by atoms with Gasteiger partial charge in [0.25, 0.3) is 0 Å². The Kier molecular flexibility index (Phi) is 9.92. The van der Waals surface area contributed by atoms with Crippen LogP contribution in [0.3, 0.4) is 0 Å². The third-order valence-corrected chi connectivity index (χ3v) is 6.75. The van der Waals surface area contributed by atoms with Crippen LogP contribution in [0.2, 0.25) is 0 Å². The number of carbonyl (C=O) groups is 1. The molecule has 0 unspecified atom stereocenters. The van der Waals surface area contributed by atoms with Crippen LogP contribution in [0.4, 0.5) is 11.5 Å². The monoisotopic (exact) mass is 571 g/mol. The van der Waals surface area contributed by atoms with Crippen molar-refractivity contribution >= 4 is 44.3 Å². The zero-order valence-corrected chi connectivity index (χ0v) is 23.0. The number of halogens is 1. The summed E-state index contributed by atoms with van der Waals surface area (Å²) in [7, 11) is 1.64. The van der Waals surface area contributed by atoms with Gasteiger partial charge in [-0.25, -0.2) is 9.97 Å². The lowest BCUT2D eigenvalue weighted by molar-refractivity contribution is -0.144. The van der Waals surface area contributed by atoms with E-state index in [0.717, 1.165) is 66.6 Å². The van der Waals surface area contributed by atoms with Gasteiger partial charge in [-0.15, -0.1) is 0 Å².